The van der Waals surface area contributed by atoms with Crippen LogP contribution in [0.2, 0.25) is 0 Å². The van der Waals surface area contributed by atoms with Gasteiger partial charge < -0.3 is 16.5 Å². The molecule has 0 bridgehead atoms. The van der Waals surface area contributed by atoms with Crippen LogP contribution in [0, 0.1) is 18.2 Å². The Morgan fingerprint density at radius 1 is 1.06 bits per heavy atom. The lowest BCUT2D eigenvalue weighted by atomic mass is 9.94. The SMILES string of the molecule is CN/C=C(\C=N)c1cc(-c2ccc3ncnc(C)c3c2)c(-c2ccc(F)cc2)nc1N. The number of nitrogens with one attached hydrogen (secondary N) is 2. The number of aromatic nitrogens is 3. The largest absolute Gasteiger partial charge is 0.393 e. The summed E-state index contributed by atoms with van der Waals surface area (Å²) >= 11 is 0. The molecule has 0 amide bonds. The summed E-state index contributed by atoms with van der Waals surface area (Å²) in [5.41, 5.74) is 12.3. The number of pyridine rings is 1. The summed E-state index contributed by atoms with van der Waals surface area (Å²) in [4.78, 5) is 13.3. The van der Waals surface area contributed by atoms with E-state index in [2.05, 4.69) is 20.3 Å². The van der Waals surface area contributed by atoms with E-state index in [4.69, 9.17) is 11.1 Å². The van der Waals surface area contributed by atoms with Crippen molar-refractivity contribution in [3.8, 4) is 22.4 Å². The van der Waals surface area contributed by atoms with E-state index in [0.717, 1.165) is 33.3 Å². The van der Waals surface area contributed by atoms with Crippen LogP contribution in [-0.2, 0) is 0 Å². The average Bonchev–Trinajstić information content (AvgIpc) is 2.78. The van der Waals surface area contributed by atoms with Crippen LogP contribution in [0.4, 0.5) is 10.2 Å². The zero-order chi connectivity index (χ0) is 22.0. The standard InChI is InChI=1S/C24H21FN6/c1-14-19-9-16(5-8-22(19)30-13-29-14)20-10-21(17(11-26)12-28-2)24(27)31-23(20)15-3-6-18(25)7-4-15/h3-13,26,28H,1-2H3,(H2,27,31)/b17-12+,26-11?. The van der Waals surface area contributed by atoms with E-state index in [1.54, 1.807) is 31.7 Å². The van der Waals surface area contributed by atoms with E-state index >= 15 is 0 Å². The fraction of sp³-hybridized carbons (Fsp3) is 0.0833. The molecule has 2 aromatic heterocycles. The molecule has 0 unspecified atom stereocenters. The van der Waals surface area contributed by atoms with Gasteiger partial charge in [-0.05, 0) is 55.0 Å². The molecule has 0 fully saturated rings. The molecule has 31 heavy (non-hydrogen) atoms. The third kappa shape index (κ3) is 3.85. The van der Waals surface area contributed by atoms with Gasteiger partial charge in [0.15, 0.2) is 0 Å². The first-order valence-corrected chi connectivity index (χ1v) is 9.68. The van der Waals surface area contributed by atoms with Crippen LogP contribution in [0.1, 0.15) is 11.3 Å². The average molecular weight is 412 g/mol. The number of hydrogen-bond donors (Lipinski definition) is 3. The summed E-state index contributed by atoms with van der Waals surface area (Å²) < 4.78 is 13.5. The van der Waals surface area contributed by atoms with Gasteiger partial charge >= 0.3 is 0 Å². The van der Waals surface area contributed by atoms with Crippen molar-refractivity contribution in [2.45, 2.75) is 6.92 Å². The number of aryl methyl sites for hydroxylation is 1. The normalized spacial score (nSPS) is 11.5. The molecule has 0 aliphatic carbocycles. The van der Waals surface area contributed by atoms with Gasteiger partial charge in [0.1, 0.15) is 18.0 Å². The number of allylic oxidation sites excluding steroid dienone is 1. The Labute approximate surface area is 179 Å². The van der Waals surface area contributed by atoms with Crippen LogP contribution in [0.5, 0.6) is 0 Å². The van der Waals surface area contributed by atoms with E-state index in [0.29, 0.717) is 16.8 Å². The van der Waals surface area contributed by atoms with Crippen LogP contribution in [0.15, 0.2) is 61.1 Å². The molecule has 7 heteroatoms. The number of nitrogens with two attached hydrogens (primary N) is 1. The second-order valence-corrected chi connectivity index (χ2v) is 7.05. The fourth-order valence-corrected chi connectivity index (χ4v) is 3.51. The summed E-state index contributed by atoms with van der Waals surface area (Å²) in [6.45, 7) is 1.93. The van der Waals surface area contributed by atoms with Crippen molar-refractivity contribution in [3.63, 3.8) is 0 Å². The maximum absolute atomic E-state index is 13.5. The number of fused-ring (bicyclic) bond motifs is 1. The summed E-state index contributed by atoms with van der Waals surface area (Å²) in [6.07, 6.45) is 4.47. The molecule has 4 rings (SSSR count). The smallest absolute Gasteiger partial charge is 0.132 e. The Balaban J connectivity index is 2.01. The van der Waals surface area contributed by atoms with Gasteiger partial charge in [0.05, 0.1) is 11.2 Å². The van der Waals surface area contributed by atoms with Gasteiger partial charge in [0.2, 0.25) is 0 Å². The predicted molar refractivity (Wildman–Crippen MR) is 123 cm³/mol. The van der Waals surface area contributed by atoms with Gasteiger partial charge in [0.25, 0.3) is 0 Å². The molecule has 0 spiro atoms. The third-order valence-electron chi connectivity index (χ3n) is 5.08. The number of nitrogens with zero attached hydrogens (tertiary/aromatic N) is 3. The summed E-state index contributed by atoms with van der Waals surface area (Å²) in [5, 5.41) is 11.6. The minimum absolute atomic E-state index is 0.286. The molecule has 4 aromatic rings. The molecule has 0 aliphatic heterocycles. The molecule has 0 atom stereocenters. The molecular weight excluding hydrogens is 391 g/mol. The Hall–Kier alpha value is -4.13. The van der Waals surface area contributed by atoms with Crippen molar-refractivity contribution in [1.82, 2.24) is 20.3 Å². The zero-order valence-electron chi connectivity index (χ0n) is 17.1. The monoisotopic (exact) mass is 412 g/mol. The Morgan fingerprint density at radius 2 is 1.81 bits per heavy atom. The van der Waals surface area contributed by atoms with Crippen molar-refractivity contribution >= 4 is 28.5 Å². The zero-order valence-corrected chi connectivity index (χ0v) is 17.1. The predicted octanol–water partition coefficient (Wildman–Crippen LogP) is 4.60. The van der Waals surface area contributed by atoms with Gasteiger partial charge in [-0.3, -0.25) is 0 Å². The van der Waals surface area contributed by atoms with Gasteiger partial charge in [-0.15, -0.1) is 0 Å². The van der Waals surface area contributed by atoms with E-state index in [9.17, 15) is 4.39 Å². The van der Waals surface area contributed by atoms with Crippen LogP contribution in [0.25, 0.3) is 38.9 Å². The number of anilines is 1. The highest BCUT2D eigenvalue weighted by Crippen LogP contribution is 2.36. The first-order chi connectivity index (χ1) is 15.0. The van der Waals surface area contributed by atoms with Crippen molar-refractivity contribution in [3.05, 3.63) is 78.1 Å². The molecule has 6 nitrogen and oxygen atoms in total. The number of rotatable bonds is 5. The Morgan fingerprint density at radius 3 is 2.52 bits per heavy atom. The summed E-state index contributed by atoms with van der Waals surface area (Å²) in [5.74, 6) is -0.0372. The van der Waals surface area contributed by atoms with Crippen LogP contribution in [-0.4, -0.2) is 28.2 Å². The van der Waals surface area contributed by atoms with E-state index < -0.39 is 0 Å². The quantitative estimate of drug-likeness (QED) is 0.416. The minimum Gasteiger partial charge on any atom is -0.393 e. The highest BCUT2D eigenvalue weighted by molar-refractivity contribution is 6.10. The van der Waals surface area contributed by atoms with Crippen LogP contribution >= 0.6 is 0 Å². The fourth-order valence-electron chi connectivity index (χ4n) is 3.51. The highest BCUT2D eigenvalue weighted by atomic mass is 19.1. The lowest BCUT2D eigenvalue weighted by Crippen LogP contribution is -2.04. The topological polar surface area (TPSA) is 101 Å². The van der Waals surface area contributed by atoms with Gasteiger partial charge in [0, 0.05) is 52.8 Å². The maximum Gasteiger partial charge on any atom is 0.132 e. The molecule has 2 aromatic carbocycles. The van der Waals surface area contributed by atoms with Crippen molar-refractivity contribution < 1.29 is 4.39 Å². The molecule has 154 valence electrons. The number of halogens is 1. The molecule has 0 radical (unpaired) electrons. The lowest BCUT2D eigenvalue weighted by Gasteiger charge is -2.15. The van der Waals surface area contributed by atoms with Crippen molar-refractivity contribution in [2.24, 2.45) is 0 Å². The summed E-state index contributed by atoms with van der Waals surface area (Å²) in [7, 11) is 1.76. The first kappa shape index (κ1) is 20.2. The number of benzene rings is 2. The third-order valence-corrected chi connectivity index (χ3v) is 5.08. The van der Waals surface area contributed by atoms with Gasteiger partial charge in [-0.25, -0.2) is 19.3 Å². The maximum atomic E-state index is 13.5. The van der Waals surface area contributed by atoms with Gasteiger partial charge in [-0.2, -0.15) is 0 Å². The van der Waals surface area contributed by atoms with Crippen molar-refractivity contribution in [1.29, 1.82) is 5.41 Å². The summed E-state index contributed by atoms with van der Waals surface area (Å²) in [6, 6.07) is 14.0. The number of nitrogen functional groups attached to an aromatic ring is 1. The highest BCUT2D eigenvalue weighted by Gasteiger charge is 2.16. The first-order valence-electron chi connectivity index (χ1n) is 9.68. The lowest BCUT2D eigenvalue weighted by molar-refractivity contribution is 0.628. The van der Waals surface area contributed by atoms with Crippen LogP contribution < -0.4 is 11.1 Å². The van der Waals surface area contributed by atoms with Crippen LogP contribution in [0.3, 0.4) is 0 Å². The minimum atomic E-state index is -0.323. The molecule has 0 saturated carbocycles. The van der Waals surface area contributed by atoms with E-state index in [1.165, 1.54) is 18.3 Å². The van der Waals surface area contributed by atoms with E-state index in [1.807, 2.05) is 31.2 Å². The number of hydrogen-bond acceptors (Lipinski definition) is 6. The molecule has 0 saturated heterocycles. The molecular formula is C24H21FN6. The molecule has 4 N–H and O–H groups in total. The second kappa shape index (κ2) is 8.31. The molecule has 0 aliphatic rings. The van der Waals surface area contributed by atoms with E-state index in [-0.39, 0.29) is 11.6 Å². The Bertz CT molecular complexity index is 1310. The van der Waals surface area contributed by atoms with Gasteiger partial charge in [-0.1, -0.05) is 6.07 Å². The van der Waals surface area contributed by atoms with Crippen molar-refractivity contribution in [2.75, 3.05) is 12.8 Å². The Kier molecular flexibility index (Phi) is 5.41. The molecule has 2 heterocycles. The second-order valence-electron chi connectivity index (χ2n) is 7.05.